The lowest BCUT2D eigenvalue weighted by Crippen LogP contribution is -2.45. The van der Waals surface area contributed by atoms with E-state index in [-0.39, 0.29) is 38.0 Å². The van der Waals surface area contributed by atoms with Crippen molar-refractivity contribution in [1.29, 1.82) is 10.5 Å². The molecular weight excluding hydrogens is 877 g/mol. The quantitative estimate of drug-likeness (QED) is 0.0701. The van der Waals surface area contributed by atoms with E-state index in [1.54, 1.807) is 62.6 Å². The molecule has 0 unspecified atom stereocenters. The van der Waals surface area contributed by atoms with Gasteiger partial charge in [-0.1, -0.05) is 78.1 Å². The average Bonchev–Trinajstić information content (AvgIpc) is 3.28. The van der Waals surface area contributed by atoms with Crippen molar-refractivity contribution >= 4 is 40.8 Å². The average molecular weight is 921 g/mol. The zero-order valence-corrected chi connectivity index (χ0v) is 37.6. The number of aliphatic hydroxyl groups excluding tert-OH is 1. The van der Waals surface area contributed by atoms with Gasteiger partial charge in [-0.15, -0.1) is 0 Å². The van der Waals surface area contributed by atoms with E-state index in [2.05, 4.69) is 33.5 Å². The third-order valence-corrected chi connectivity index (χ3v) is 11.6. The minimum atomic E-state index is -1.10. The molecule has 0 amide bonds. The molecule has 6 aromatic rings. The molecular formula is C49H44Cl3N5O7. The fraction of sp³-hybridized carbons (Fsp3) is 0.245. The Kier molecular flexibility index (Phi) is 16.1. The van der Waals surface area contributed by atoms with E-state index < -0.39 is 24.0 Å². The molecule has 0 saturated heterocycles. The van der Waals surface area contributed by atoms with Crippen LogP contribution in [0.25, 0.3) is 11.1 Å². The van der Waals surface area contributed by atoms with Gasteiger partial charge in [-0.2, -0.15) is 10.5 Å². The number of carboxylic acids is 1. The van der Waals surface area contributed by atoms with Gasteiger partial charge in [-0.25, -0.2) is 0 Å². The third-order valence-electron chi connectivity index (χ3n) is 10.8. The minimum absolute atomic E-state index is 0.0606. The van der Waals surface area contributed by atoms with Crippen LogP contribution in [-0.2, 0) is 37.8 Å². The summed E-state index contributed by atoms with van der Waals surface area (Å²) in [4.78, 5) is 20.3. The fourth-order valence-corrected chi connectivity index (χ4v) is 7.57. The van der Waals surface area contributed by atoms with Crippen LogP contribution in [0.3, 0.4) is 0 Å². The number of nitrogens with one attached hydrogen (secondary N) is 1. The lowest BCUT2D eigenvalue weighted by molar-refractivity contribution is -0.142. The first-order chi connectivity index (χ1) is 30.8. The Hall–Kier alpha value is -6.38. The number of aliphatic carboxylic acids is 1. The van der Waals surface area contributed by atoms with Gasteiger partial charge >= 0.3 is 5.97 Å². The van der Waals surface area contributed by atoms with E-state index in [0.29, 0.717) is 60.9 Å². The molecule has 0 aliphatic heterocycles. The molecule has 3 N–H and O–H groups in total. The maximum absolute atomic E-state index is 12.1. The maximum Gasteiger partial charge on any atom is 0.321 e. The number of hydrogen-bond acceptors (Lipinski definition) is 11. The number of carboxylic acid groups (broad SMARTS) is 1. The van der Waals surface area contributed by atoms with Crippen LogP contribution in [0.2, 0.25) is 15.1 Å². The van der Waals surface area contributed by atoms with Crippen molar-refractivity contribution in [1.82, 2.24) is 15.3 Å². The number of ether oxygens (including phenoxy) is 4. The molecule has 0 aliphatic carbocycles. The van der Waals surface area contributed by atoms with Crippen molar-refractivity contribution in [2.75, 3.05) is 0 Å². The highest BCUT2D eigenvalue weighted by Gasteiger charge is 2.28. The monoisotopic (exact) mass is 919 g/mol. The normalized spacial score (nSPS) is 12.3. The van der Waals surface area contributed by atoms with Gasteiger partial charge in [0.1, 0.15) is 67.6 Å². The molecule has 0 bridgehead atoms. The Labute approximate surface area is 386 Å². The summed E-state index contributed by atoms with van der Waals surface area (Å²) >= 11 is 19.8. The first-order valence-electron chi connectivity index (χ1n) is 20.1. The molecule has 0 radical (unpaired) electrons. The zero-order chi connectivity index (χ0) is 45.9. The second-order valence-corrected chi connectivity index (χ2v) is 16.3. The van der Waals surface area contributed by atoms with Crippen LogP contribution in [0.5, 0.6) is 23.0 Å². The number of hydrogen-bond donors (Lipinski definition) is 3. The van der Waals surface area contributed by atoms with E-state index in [1.807, 2.05) is 44.2 Å². The highest BCUT2D eigenvalue weighted by atomic mass is 35.5. The van der Waals surface area contributed by atoms with Gasteiger partial charge in [0.25, 0.3) is 0 Å². The lowest BCUT2D eigenvalue weighted by Gasteiger charge is -2.24. The van der Waals surface area contributed by atoms with Gasteiger partial charge in [0, 0.05) is 66.1 Å². The molecule has 64 heavy (non-hydrogen) atoms. The van der Waals surface area contributed by atoms with Gasteiger partial charge in [0.15, 0.2) is 0 Å². The van der Waals surface area contributed by atoms with Crippen molar-refractivity contribution in [3.63, 3.8) is 0 Å². The molecule has 0 spiro atoms. The largest absolute Gasteiger partial charge is 0.488 e. The van der Waals surface area contributed by atoms with Crippen LogP contribution in [0.4, 0.5) is 0 Å². The Balaban J connectivity index is 1.19. The van der Waals surface area contributed by atoms with Crippen molar-refractivity contribution < 1.29 is 34.0 Å². The van der Waals surface area contributed by atoms with Crippen molar-refractivity contribution in [2.24, 2.45) is 5.92 Å². The van der Waals surface area contributed by atoms with Crippen molar-refractivity contribution in [2.45, 2.75) is 72.8 Å². The minimum Gasteiger partial charge on any atom is -0.488 e. The molecule has 328 valence electrons. The van der Waals surface area contributed by atoms with Gasteiger partial charge in [-0.05, 0) is 78.4 Å². The Morgan fingerprint density at radius 1 is 0.656 bits per heavy atom. The first kappa shape index (κ1) is 47.1. The van der Waals surface area contributed by atoms with Crippen LogP contribution < -0.4 is 24.3 Å². The maximum atomic E-state index is 12.1. The molecule has 12 nitrogen and oxygen atoms in total. The predicted molar refractivity (Wildman–Crippen MR) is 244 cm³/mol. The SMILES string of the molecule is Cc1c(COc2cc(OCc3cncc(C#N)c3)c(Cl)cc2Cl)cccc1-c1cccc(COc2cc(OCc3cncc(C#N)c3)c(CN[C@H](C(=O)O)[C@@H](C)[C@H](C)O)cc2Cl)c1C. The molecule has 0 fully saturated rings. The number of pyridine rings is 2. The summed E-state index contributed by atoms with van der Waals surface area (Å²) in [5.74, 6) is -0.209. The lowest BCUT2D eigenvalue weighted by atomic mass is 9.92. The molecule has 0 saturated carbocycles. The zero-order valence-electron chi connectivity index (χ0n) is 35.4. The van der Waals surface area contributed by atoms with E-state index in [9.17, 15) is 25.5 Å². The van der Waals surface area contributed by atoms with Crippen LogP contribution in [0.15, 0.2) is 97.6 Å². The molecule has 6 rings (SSSR count). The van der Waals surface area contributed by atoms with Crippen molar-refractivity contribution in [3.8, 4) is 46.3 Å². The number of aromatic nitrogens is 2. The number of benzene rings is 4. The Morgan fingerprint density at radius 3 is 1.58 bits per heavy atom. The van der Waals surface area contributed by atoms with Crippen molar-refractivity contribution in [3.05, 3.63) is 163 Å². The predicted octanol–water partition coefficient (Wildman–Crippen LogP) is 10.3. The number of carbonyl (C=O) groups is 1. The number of nitrogens with zero attached hydrogens (tertiary/aromatic N) is 4. The van der Waals surface area contributed by atoms with E-state index in [0.717, 1.165) is 33.4 Å². The van der Waals surface area contributed by atoms with E-state index >= 15 is 0 Å². The number of nitriles is 2. The Bertz CT molecular complexity index is 2740. The van der Waals surface area contributed by atoms with E-state index in [4.69, 9.17) is 53.8 Å². The van der Waals surface area contributed by atoms with Gasteiger partial charge in [0.2, 0.25) is 0 Å². The summed E-state index contributed by atoms with van der Waals surface area (Å²) < 4.78 is 24.8. The number of rotatable bonds is 19. The Morgan fingerprint density at radius 2 is 1.11 bits per heavy atom. The smallest absolute Gasteiger partial charge is 0.321 e. The summed E-state index contributed by atoms with van der Waals surface area (Å²) in [6.45, 7) is 7.90. The van der Waals surface area contributed by atoms with Gasteiger partial charge in [-0.3, -0.25) is 20.1 Å². The standard InChI is InChI=1S/C49H44Cl3N5O7/c1-28(31(4)58)48(49(59)60)57-23-38-13-41(50)45(15-44(38)61-24-34-11-32(17-53)19-55-21-34)63-26-36-7-5-9-39(29(36)2)40-10-6-8-37(30(40)3)27-64-47-16-46(42(51)14-43(47)52)62-25-35-12-33(18-54)20-56-22-35/h5-16,19-22,28,31,48,57-58H,23-27H2,1-4H3,(H,59,60)/t28-,31-,48-/m0/s1. The first-order valence-corrected chi connectivity index (χ1v) is 21.2. The fourth-order valence-electron chi connectivity index (χ4n) is 6.84. The van der Waals surface area contributed by atoms with Crippen LogP contribution in [0, 0.1) is 42.4 Å². The summed E-state index contributed by atoms with van der Waals surface area (Å²) in [5, 5.41) is 42.5. The summed E-state index contributed by atoms with van der Waals surface area (Å²) in [6.07, 6.45) is 5.28. The second kappa shape index (κ2) is 21.8. The molecule has 0 aliphatic rings. The molecule has 3 atom stereocenters. The molecule has 15 heteroatoms. The van der Waals surface area contributed by atoms with Crippen LogP contribution in [-0.4, -0.2) is 38.3 Å². The van der Waals surface area contributed by atoms with Gasteiger partial charge < -0.3 is 29.2 Å². The molecule has 2 aromatic heterocycles. The highest BCUT2D eigenvalue weighted by molar-refractivity contribution is 6.36. The summed E-state index contributed by atoms with van der Waals surface area (Å²) in [5.41, 5.74) is 8.58. The van der Waals surface area contributed by atoms with Crippen LogP contribution in [0.1, 0.15) is 63.9 Å². The highest BCUT2D eigenvalue weighted by Crippen LogP contribution is 2.38. The second-order valence-electron chi connectivity index (χ2n) is 15.1. The van der Waals surface area contributed by atoms with E-state index in [1.165, 1.54) is 12.4 Å². The summed E-state index contributed by atoms with van der Waals surface area (Å²) in [6, 6.07) is 25.0. The van der Waals surface area contributed by atoms with Crippen LogP contribution >= 0.6 is 34.8 Å². The topological polar surface area (TPSA) is 180 Å². The summed E-state index contributed by atoms with van der Waals surface area (Å²) in [7, 11) is 0. The number of halogens is 3. The number of aliphatic hydroxyl groups is 1. The van der Waals surface area contributed by atoms with Gasteiger partial charge in [0.05, 0.1) is 32.3 Å². The third kappa shape index (κ3) is 11.8. The molecule has 4 aromatic carbocycles. The molecule has 2 heterocycles.